The Morgan fingerprint density at radius 3 is 2.42 bits per heavy atom. The third kappa shape index (κ3) is 3.16. The summed E-state index contributed by atoms with van der Waals surface area (Å²) in [5, 5.41) is 10.9. The number of hydrogen-bond acceptors (Lipinski definition) is 2. The Bertz CT molecular complexity index is 1060. The van der Waals surface area contributed by atoms with Crippen molar-refractivity contribution in [3.8, 4) is 0 Å². The zero-order valence-corrected chi connectivity index (χ0v) is 15.4. The van der Waals surface area contributed by atoms with Crippen molar-refractivity contribution in [2.24, 2.45) is 0 Å². The van der Waals surface area contributed by atoms with E-state index in [0.29, 0.717) is 17.9 Å². The van der Waals surface area contributed by atoms with Crippen LogP contribution in [0.15, 0.2) is 77.3 Å². The molecule has 0 fully saturated rings. The third-order valence-corrected chi connectivity index (χ3v) is 5.17. The molecule has 0 aliphatic rings. The zero-order valence-electron chi connectivity index (χ0n) is 13.8. The van der Waals surface area contributed by atoms with Gasteiger partial charge in [-0.1, -0.05) is 58.4 Å². The Kier molecular flexibility index (Phi) is 4.57. The average molecular weight is 411 g/mol. The van der Waals surface area contributed by atoms with Crippen LogP contribution in [0.3, 0.4) is 0 Å². The Balaban J connectivity index is 1.83. The van der Waals surface area contributed by atoms with Gasteiger partial charge in [-0.05, 0) is 41.5 Å². The monoisotopic (exact) mass is 410 g/mol. The van der Waals surface area contributed by atoms with Crippen LogP contribution < -0.4 is 0 Å². The number of hydrogen-bond donors (Lipinski definition) is 1. The quantitative estimate of drug-likeness (QED) is 0.509. The summed E-state index contributed by atoms with van der Waals surface area (Å²) in [5.74, 6) is 0.205. The van der Waals surface area contributed by atoms with Crippen molar-refractivity contribution in [1.82, 2.24) is 9.55 Å². The maximum absolute atomic E-state index is 13.2. The second kappa shape index (κ2) is 7.02. The fourth-order valence-corrected chi connectivity index (χ4v) is 3.47. The lowest BCUT2D eigenvalue weighted by atomic mass is 10.1. The molecule has 1 N–H and O–H groups in total. The standard InChI is InChI=1S/C21H16BrFN2O/c22-17-6-2-1-5-15(17)13-25-19-8-4-3-7-18(19)24-21(25)20(26)14-9-11-16(23)12-10-14/h1-12,20,26H,13H2/t20-/m0/s1. The minimum absolute atomic E-state index is 0.331. The topological polar surface area (TPSA) is 38.1 Å². The lowest BCUT2D eigenvalue weighted by Crippen LogP contribution is -2.11. The molecule has 26 heavy (non-hydrogen) atoms. The van der Waals surface area contributed by atoms with Crippen LogP contribution in [-0.2, 0) is 6.54 Å². The van der Waals surface area contributed by atoms with Gasteiger partial charge in [-0.3, -0.25) is 0 Å². The number of rotatable bonds is 4. The molecule has 1 atom stereocenters. The van der Waals surface area contributed by atoms with E-state index in [-0.39, 0.29) is 5.82 Å². The second-order valence-corrected chi connectivity index (χ2v) is 6.94. The van der Waals surface area contributed by atoms with Gasteiger partial charge in [0.1, 0.15) is 17.7 Å². The highest BCUT2D eigenvalue weighted by Crippen LogP contribution is 2.28. The zero-order chi connectivity index (χ0) is 18.1. The second-order valence-electron chi connectivity index (χ2n) is 6.09. The van der Waals surface area contributed by atoms with Gasteiger partial charge in [-0.2, -0.15) is 0 Å². The third-order valence-electron chi connectivity index (χ3n) is 4.40. The minimum Gasteiger partial charge on any atom is -0.380 e. The summed E-state index contributed by atoms with van der Waals surface area (Å²) in [6.45, 7) is 0.565. The van der Waals surface area contributed by atoms with E-state index in [1.54, 1.807) is 12.1 Å². The molecule has 3 aromatic carbocycles. The molecule has 5 heteroatoms. The van der Waals surface area contributed by atoms with E-state index >= 15 is 0 Å². The van der Waals surface area contributed by atoms with Crippen LogP contribution >= 0.6 is 15.9 Å². The van der Waals surface area contributed by atoms with Crippen molar-refractivity contribution in [2.75, 3.05) is 0 Å². The Morgan fingerprint density at radius 2 is 1.65 bits per heavy atom. The summed E-state index contributed by atoms with van der Waals surface area (Å²) in [6, 6.07) is 21.6. The van der Waals surface area contributed by atoms with Gasteiger partial charge in [0.15, 0.2) is 0 Å². The molecule has 0 radical (unpaired) electrons. The summed E-state index contributed by atoms with van der Waals surface area (Å²) in [4.78, 5) is 4.64. The molecule has 1 heterocycles. The van der Waals surface area contributed by atoms with Crippen LogP contribution in [0, 0.1) is 5.82 Å². The highest BCUT2D eigenvalue weighted by molar-refractivity contribution is 9.10. The smallest absolute Gasteiger partial charge is 0.143 e. The molecular weight excluding hydrogens is 395 g/mol. The molecule has 4 rings (SSSR count). The molecule has 0 bridgehead atoms. The van der Waals surface area contributed by atoms with Crippen LogP contribution in [0.2, 0.25) is 0 Å². The van der Waals surface area contributed by atoms with Crippen molar-refractivity contribution in [1.29, 1.82) is 0 Å². The highest BCUT2D eigenvalue weighted by Gasteiger charge is 2.20. The van der Waals surface area contributed by atoms with Gasteiger partial charge < -0.3 is 9.67 Å². The first kappa shape index (κ1) is 16.9. The van der Waals surface area contributed by atoms with Gasteiger partial charge in [-0.25, -0.2) is 9.37 Å². The first-order valence-corrected chi connectivity index (χ1v) is 9.05. The summed E-state index contributed by atoms with van der Waals surface area (Å²) in [5.41, 5.74) is 3.45. The van der Waals surface area contributed by atoms with Crippen molar-refractivity contribution in [2.45, 2.75) is 12.6 Å². The predicted molar refractivity (Wildman–Crippen MR) is 103 cm³/mol. The van der Waals surface area contributed by atoms with Gasteiger partial charge >= 0.3 is 0 Å². The van der Waals surface area contributed by atoms with Gasteiger partial charge in [0, 0.05) is 4.47 Å². The summed E-state index contributed by atoms with van der Waals surface area (Å²) < 4.78 is 16.2. The first-order chi connectivity index (χ1) is 12.6. The Hall–Kier alpha value is -2.50. The Morgan fingerprint density at radius 1 is 0.962 bits per heavy atom. The molecule has 0 amide bonds. The number of benzene rings is 3. The van der Waals surface area contributed by atoms with Crippen molar-refractivity contribution >= 4 is 27.0 Å². The predicted octanol–water partition coefficient (Wildman–Crippen LogP) is 5.07. The average Bonchev–Trinajstić information content (AvgIpc) is 3.02. The van der Waals surface area contributed by atoms with Crippen LogP contribution in [0.4, 0.5) is 4.39 Å². The number of aliphatic hydroxyl groups is 1. The van der Waals surface area contributed by atoms with Crippen LogP contribution in [-0.4, -0.2) is 14.7 Å². The fourth-order valence-electron chi connectivity index (χ4n) is 3.06. The SMILES string of the molecule is O[C@@H](c1ccc(F)cc1)c1nc2ccccc2n1Cc1ccccc1Br. The lowest BCUT2D eigenvalue weighted by Gasteiger charge is -2.15. The fraction of sp³-hybridized carbons (Fsp3) is 0.0952. The number of aromatic nitrogens is 2. The molecule has 0 aliphatic heterocycles. The number of aliphatic hydroxyl groups excluding tert-OH is 1. The van der Waals surface area contributed by atoms with Gasteiger partial charge in [0.2, 0.25) is 0 Å². The molecular formula is C21H16BrFN2O. The number of nitrogens with zero attached hydrogens (tertiary/aromatic N) is 2. The normalized spacial score (nSPS) is 12.4. The molecule has 0 aliphatic carbocycles. The maximum atomic E-state index is 13.2. The largest absolute Gasteiger partial charge is 0.380 e. The molecule has 0 saturated carbocycles. The van der Waals surface area contributed by atoms with Crippen LogP contribution in [0.1, 0.15) is 23.1 Å². The number of halogens is 2. The van der Waals surface area contributed by atoms with Gasteiger partial charge in [0.25, 0.3) is 0 Å². The van der Waals surface area contributed by atoms with Crippen molar-refractivity contribution in [3.63, 3.8) is 0 Å². The van der Waals surface area contributed by atoms with E-state index in [0.717, 1.165) is 21.1 Å². The van der Waals surface area contributed by atoms with E-state index in [1.165, 1.54) is 12.1 Å². The summed E-state index contributed by atoms with van der Waals surface area (Å²) in [6.07, 6.45) is -0.939. The minimum atomic E-state index is -0.939. The van der Waals surface area contributed by atoms with E-state index in [2.05, 4.69) is 20.9 Å². The van der Waals surface area contributed by atoms with E-state index in [4.69, 9.17) is 0 Å². The molecule has 4 aromatic rings. The maximum Gasteiger partial charge on any atom is 0.143 e. The van der Waals surface area contributed by atoms with E-state index in [1.807, 2.05) is 53.1 Å². The van der Waals surface area contributed by atoms with Crippen LogP contribution in [0.25, 0.3) is 11.0 Å². The lowest BCUT2D eigenvalue weighted by molar-refractivity contribution is 0.206. The highest BCUT2D eigenvalue weighted by atomic mass is 79.9. The summed E-state index contributed by atoms with van der Waals surface area (Å²) in [7, 11) is 0. The van der Waals surface area contributed by atoms with Crippen molar-refractivity contribution < 1.29 is 9.50 Å². The number of para-hydroxylation sites is 2. The van der Waals surface area contributed by atoms with Gasteiger partial charge in [0.05, 0.1) is 17.6 Å². The van der Waals surface area contributed by atoms with Crippen molar-refractivity contribution in [3.05, 3.63) is 100 Å². The molecule has 0 saturated heterocycles. The molecule has 0 unspecified atom stereocenters. The first-order valence-electron chi connectivity index (χ1n) is 8.25. The summed E-state index contributed by atoms with van der Waals surface area (Å²) >= 11 is 3.58. The molecule has 1 aromatic heterocycles. The number of fused-ring (bicyclic) bond motifs is 1. The van der Waals surface area contributed by atoms with E-state index < -0.39 is 6.10 Å². The van der Waals surface area contributed by atoms with Crippen LogP contribution in [0.5, 0.6) is 0 Å². The molecule has 0 spiro atoms. The molecule has 130 valence electrons. The van der Waals surface area contributed by atoms with Gasteiger partial charge in [-0.15, -0.1) is 0 Å². The Labute approximate surface area is 158 Å². The number of imidazole rings is 1. The van der Waals surface area contributed by atoms with E-state index in [9.17, 15) is 9.50 Å². The molecule has 3 nitrogen and oxygen atoms in total.